The minimum atomic E-state index is -0.205. The van der Waals surface area contributed by atoms with Crippen molar-refractivity contribution in [2.75, 3.05) is 9.80 Å². The van der Waals surface area contributed by atoms with Crippen molar-refractivity contribution in [2.45, 2.75) is 52.2 Å². The molecule has 1 aromatic heterocycles. The van der Waals surface area contributed by atoms with E-state index in [1.807, 2.05) is 72.7 Å². The number of nitrogens with zero attached hydrogens (tertiary/aromatic N) is 4. The Bertz CT molecular complexity index is 1440. The highest BCUT2D eigenvalue weighted by Gasteiger charge is 2.38. The Labute approximate surface area is 216 Å². The summed E-state index contributed by atoms with van der Waals surface area (Å²) >= 11 is 6.10. The molecule has 6 nitrogen and oxygen atoms in total. The Kier molecular flexibility index (Phi) is 6.31. The predicted molar refractivity (Wildman–Crippen MR) is 145 cm³/mol. The molecule has 0 unspecified atom stereocenters. The maximum Gasteiger partial charge on any atom is 0.258 e. The van der Waals surface area contributed by atoms with Crippen LogP contribution in [0.2, 0.25) is 5.02 Å². The first-order valence-electron chi connectivity index (χ1n) is 12.2. The molecule has 0 fully saturated rings. The monoisotopic (exact) mass is 500 g/mol. The number of rotatable bonds is 4. The van der Waals surface area contributed by atoms with Gasteiger partial charge in [0.1, 0.15) is 0 Å². The minimum absolute atomic E-state index is 0.0599. The molecule has 0 bridgehead atoms. The van der Waals surface area contributed by atoms with Crippen molar-refractivity contribution in [3.8, 4) is 0 Å². The standard InChI is InChI=1S/C29H29ClN4O2/c1-18(2)32-17-31-25-16-21(9-14-27(25)32)29(36)33-19(3)15-28(24-7-5-6-8-26(24)33)34(20(4)35)23-12-10-22(30)11-13-23/h5-14,16-19,28H,15H2,1-4H3/t19-,28+/m0/s1. The summed E-state index contributed by atoms with van der Waals surface area (Å²) in [4.78, 5) is 34.9. The normalized spacial score (nSPS) is 17.3. The Morgan fingerprint density at radius 2 is 1.78 bits per heavy atom. The molecule has 2 heterocycles. The summed E-state index contributed by atoms with van der Waals surface area (Å²) in [5, 5.41) is 0.617. The van der Waals surface area contributed by atoms with Gasteiger partial charge < -0.3 is 14.4 Å². The lowest BCUT2D eigenvalue weighted by Crippen LogP contribution is -2.47. The number of halogens is 1. The van der Waals surface area contributed by atoms with Crippen LogP contribution in [0.15, 0.2) is 73.1 Å². The number of carbonyl (C=O) groups is 2. The van der Waals surface area contributed by atoms with Crippen LogP contribution in [0.5, 0.6) is 0 Å². The van der Waals surface area contributed by atoms with E-state index in [0.717, 1.165) is 28.0 Å². The molecule has 2 atom stereocenters. The Morgan fingerprint density at radius 1 is 1.06 bits per heavy atom. The molecular formula is C29H29ClN4O2. The highest BCUT2D eigenvalue weighted by molar-refractivity contribution is 6.30. The molecule has 0 saturated heterocycles. The second kappa shape index (κ2) is 9.43. The SMILES string of the molecule is CC(=O)N(c1ccc(Cl)cc1)[C@@H]1C[C@H](C)N(C(=O)c2ccc3c(c2)ncn3C(C)C)c2ccccc21. The molecule has 36 heavy (non-hydrogen) atoms. The minimum Gasteiger partial charge on any atom is -0.328 e. The van der Waals surface area contributed by atoms with E-state index in [2.05, 4.69) is 23.4 Å². The van der Waals surface area contributed by atoms with Crippen molar-refractivity contribution in [1.29, 1.82) is 0 Å². The second-order valence-corrected chi connectivity index (χ2v) is 10.1. The van der Waals surface area contributed by atoms with Crippen LogP contribution >= 0.6 is 11.6 Å². The van der Waals surface area contributed by atoms with Gasteiger partial charge in [0.15, 0.2) is 0 Å². The van der Waals surface area contributed by atoms with Gasteiger partial charge in [0.05, 0.1) is 23.4 Å². The third-order valence-corrected chi connectivity index (χ3v) is 7.17. The molecule has 0 radical (unpaired) electrons. The van der Waals surface area contributed by atoms with E-state index in [0.29, 0.717) is 17.0 Å². The van der Waals surface area contributed by atoms with Crippen molar-refractivity contribution in [3.05, 3.63) is 89.2 Å². The van der Waals surface area contributed by atoms with Crippen LogP contribution in [-0.4, -0.2) is 27.4 Å². The summed E-state index contributed by atoms with van der Waals surface area (Å²) in [7, 11) is 0. The van der Waals surface area contributed by atoms with Crippen LogP contribution in [0.3, 0.4) is 0 Å². The number of para-hydroxylation sites is 1. The summed E-state index contributed by atoms with van der Waals surface area (Å²) in [5.74, 6) is -0.134. The average molecular weight is 501 g/mol. The summed E-state index contributed by atoms with van der Waals surface area (Å²) in [5.41, 5.74) is 4.95. The van der Waals surface area contributed by atoms with Gasteiger partial charge >= 0.3 is 0 Å². The Balaban J connectivity index is 1.54. The van der Waals surface area contributed by atoms with E-state index < -0.39 is 0 Å². The Morgan fingerprint density at radius 3 is 2.47 bits per heavy atom. The molecule has 0 aliphatic carbocycles. The first-order chi connectivity index (χ1) is 17.3. The number of benzene rings is 3. The molecule has 184 valence electrons. The average Bonchev–Trinajstić information content (AvgIpc) is 3.28. The Hall–Kier alpha value is -3.64. The predicted octanol–water partition coefficient (Wildman–Crippen LogP) is 6.80. The molecule has 4 aromatic rings. The van der Waals surface area contributed by atoms with E-state index in [-0.39, 0.29) is 29.9 Å². The summed E-state index contributed by atoms with van der Waals surface area (Å²) < 4.78 is 2.10. The number of imidazole rings is 1. The van der Waals surface area contributed by atoms with E-state index in [1.54, 1.807) is 24.0 Å². The van der Waals surface area contributed by atoms with Crippen LogP contribution < -0.4 is 9.80 Å². The lowest BCUT2D eigenvalue weighted by atomic mass is 9.89. The van der Waals surface area contributed by atoms with E-state index in [1.165, 1.54) is 0 Å². The first kappa shape index (κ1) is 24.1. The van der Waals surface area contributed by atoms with Crippen molar-refractivity contribution >= 4 is 45.8 Å². The number of carbonyl (C=O) groups excluding carboxylic acids is 2. The van der Waals surface area contributed by atoms with Crippen LogP contribution in [0.4, 0.5) is 11.4 Å². The molecule has 7 heteroatoms. The number of fused-ring (bicyclic) bond motifs is 2. The van der Waals surface area contributed by atoms with Gasteiger partial charge in [0.2, 0.25) is 5.91 Å². The number of hydrogen-bond donors (Lipinski definition) is 0. The molecular weight excluding hydrogens is 472 g/mol. The molecule has 1 aliphatic heterocycles. The van der Waals surface area contributed by atoms with Crippen molar-refractivity contribution in [1.82, 2.24) is 9.55 Å². The van der Waals surface area contributed by atoms with E-state index in [4.69, 9.17) is 11.6 Å². The van der Waals surface area contributed by atoms with Gasteiger partial charge in [-0.15, -0.1) is 0 Å². The van der Waals surface area contributed by atoms with Gasteiger partial charge in [-0.2, -0.15) is 0 Å². The van der Waals surface area contributed by atoms with Gasteiger partial charge in [0.25, 0.3) is 5.91 Å². The second-order valence-electron chi connectivity index (χ2n) is 9.65. The largest absolute Gasteiger partial charge is 0.328 e. The van der Waals surface area contributed by atoms with Crippen molar-refractivity contribution in [3.63, 3.8) is 0 Å². The molecule has 3 aromatic carbocycles. The topological polar surface area (TPSA) is 58.4 Å². The zero-order valence-corrected chi connectivity index (χ0v) is 21.6. The fraction of sp³-hybridized carbons (Fsp3) is 0.276. The fourth-order valence-corrected chi connectivity index (χ4v) is 5.36. The molecule has 0 saturated carbocycles. The maximum atomic E-state index is 13.9. The lowest BCUT2D eigenvalue weighted by Gasteiger charge is -2.43. The van der Waals surface area contributed by atoms with Crippen LogP contribution in [-0.2, 0) is 4.79 Å². The highest BCUT2D eigenvalue weighted by atomic mass is 35.5. The zero-order chi connectivity index (χ0) is 25.6. The molecule has 5 rings (SSSR count). The zero-order valence-electron chi connectivity index (χ0n) is 20.9. The molecule has 0 spiro atoms. The third-order valence-electron chi connectivity index (χ3n) is 6.91. The molecule has 1 aliphatic rings. The number of aromatic nitrogens is 2. The smallest absolute Gasteiger partial charge is 0.258 e. The van der Waals surface area contributed by atoms with Crippen molar-refractivity contribution < 1.29 is 9.59 Å². The fourth-order valence-electron chi connectivity index (χ4n) is 5.23. The van der Waals surface area contributed by atoms with Gasteiger partial charge in [-0.3, -0.25) is 9.59 Å². The van der Waals surface area contributed by atoms with Gasteiger partial charge in [-0.25, -0.2) is 4.98 Å². The molecule has 0 N–H and O–H groups in total. The van der Waals surface area contributed by atoms with Crippen LogP contribution in [0.1, 0.15) is 62.1 Å². The summed E-state index contributed by atoms with van der Waals surface area (Å²) in [6.07, 6.45) is 2.43. The van der Waals surface area contributed by atoms with Gasteiger partial charge in [-0.1, -0.05) is 29.8 Å². The van der Waals surface area contributed by atoms with E-state index in [9.17, 15) is 9.59 Å². The first-order valence-corrected chi connectivity index (χ1v) is 12.6. The summed E-state index contributed by atoms with van der Waals surface area (Å²) in [6, 6.07) is 20.8. The number of hydrogen-bond acceptors (Lipinski definition) is 3. The van der Waals surface area contributed by atoms with Gasteiger partial charge in [-0.05, 0) is 81.3 Å². The quantitative estimate of drug-likeness (QED) is 0.309. The van der Waals surface area contributed by atoms with Gasteiger partial charge in [0, 0.05) is 41.0 Å². The van der Waals surface area contributed by atoms with Crippen LogP contribution in [0, 0.1) is 0 Å². The van der Waals surface area contributed by atoms with E-state index >= 15 is 0 Å². The van der Waals surface area contributed by atoms with Crippen molar-refractivity contribution in [2.24, 2.45) is 0 Å². The highest BCUT2D eigenvalue weighted by Crippen LogP contribution is 2.43. The maximum absolute atomic E-state index is 13.9. The molecule has 2 amide bonds. The summed E-state index contributed by atoms with van der Waals surface area (Å²) in [6.45, 7) is 7.83. The van der Waals surface area contributed by atoms with Crippen LogP contribution in [0.25, 0.3) is 11.0 Å². The number of amides is 2. The number of anilines is 2. The third kappa shape index (κ3) is 4.16. The lowest BCUT2D eigenvalue weighted by molar-refractivity contribution is -0.117.